The molecule has 0 bridgehead atoms. The predicted octanol–water partition coefficient (Wildman–Crippen LogP) is 1.58. The first-order chi connectivity index (χ1) is 13.7. The molecule has 1 saturated heterocycles. The lowest BCUT2D eigenvalue weighted by molar-refractivity contribution is -0.121. The van der Waals surface area contributed by atoms with Crippen molar-refractivity contribution in [3.05, 3.63) is 24.2 Å². The summed E-state index contributed by atoms with van der Waals surface area (Å²) >= 11 is 0. The summed E-state index contributed by atoms with van der Waals surface area (Å²) in [5.41, 5.74) is 2.19. The minimum atomic E-state index is -0.0267. The zero-order valence-electron chi connectivity index (χ0n) is 16.6. The Morgan fingerprint density at radius 2 is 2.04 bits per heavy atom. The van der Waals surface area contributed by atoms with Crippen LogP contribution in [0.3, 0.4) is 0 Å². The first-order valence-electron chi connectivity index (χ1n) is 10.3. The fraction of sp³-hybridized carbons (Fsp3) is 0.600. The molecule has 2 aromatic rings. The van der Waals surface area contributed by atoms with Crippen LogP contribution in [0.15, 0.2) is 24.2 Å². The number of aromatic nitrogens is 4. The van der Waals surface area contributed by atoms with Gasteiger partial charge in [0.25, 0.3) is 0 Å². The Labute approximate surface area is 165 Å². The van der Waals surface area contributed by atoms with Crippen molar-refractivity contribution in [1.82, 2.24) is 30.0 Å². The van der Waals surface area contributed by atoms with Gasteiger partial charge in [-0.2, -0.15) is 5.10 Å². The minimum Gasteiger partial charge on any atom is -0.354 e. The highest BCUT2D eigenvalue weighted by Crippen LogP contribution is 2.23. The van der Waals surface area contributed by atoms with Crippen LogP contribution in [0.5, 0.6) is 0 Å². The van der Waals surface area contributed by atoms with Crippen LogP contribution >= 0.6 is 0 Å². The Morgan fingerprint density at radius 1 is 1.18 bits per heavy atom. The normalized spacial score (nSPS) is 18.3. The number of rotatable bonds is 6. The van der Waals surface area contributed by atoms with Gasteiger partial charge in [0.05, 0.1) is 11.6 Å². The highest BCUT2D eigenvalue weighted by atomic mass is 16.2. The predicted molar refractivity (Wildman–Crippen MR) is 109 cm³/mol. The summed E-state index contributed by atoms with van der Waals surface area (Å²) in [4.78, 5) is 25.8. The smallest absolute Gasteiger partial charge is 0.241 e. The first kappa shape index (κ1) is 18.9. The summed E-state index contributed by atoms with van der Waals surface area (Å²) in [6, 6.07) is 0. The molecule has 1 aliphatic carbocycles. The molecule has 150 valence electrons. The molecule has 4 rings (SSSR count). The highest BCUT2D eigenvalue weighted by Gasteiger charge is 2.20. The fourth-order valence-corrected chi connectivity index (χ4v) is 3.95. The van der Waals surface area contributed by atoms with E-state index in [1.54, 1.807) is 17.2 Å². The average Bonchev–Trinajstić information content (AvgIpc) is 3.12. The van der Waals surface area contributed by atoms with Crippen molar-refractivity contribution in [3.63, 3.8) is 0 Å². The molecule has 8 heteroatoms. The number of piperazine rings is 1. The van der Waals surface area contributed by atoms with Gasteiger partial charge in [-0.15, -0.1) is 0 Å². The van der Waals surface area contributed by atoms with E-state index >= 15 is 0 Å². The zero-order chi connectivity index (χ0) is 19.3. The second kappa shape index (κ2) is 8.68. The van der Waals surface area contributed by atoms with E-state index in [9.17, 15) is 4.79 Å². The van der Waals surface area contributed by atoms with Gasteiger partial charge in [0.15, 0.2) is 5.65 Å². The third-order valence-electron chi connectivity index (χ3n) is 5.66. The van der Waals surface area contributed by atoms with Gasteiger partial charge in [0.1, 0.15) is 18.7 Å². The van der Waals surface area contributed by atoms with Crippen LogP contribution in [0.25, 0.3) is 11.0 Å². The first-order valence-corrected chi connectivity index (χ1v) is 10.3. The van der Waals surface area contributed by atoms with Crippen molar-refractivity contribution in [1.29, 1.82) is 0 Å². The Bertz CT molecular complexity index is 851. The van der Waals surface area contributed by atoms with Gasteiger partial charge in [-0.3, -0.25) is 4.79 Å². The van der Waals surface area contributed by atoms with Gasteiger partial charge in [0.2, 0.25) is 5.91 Å². The highest BCUT2D eigenvalue weighted by molar-refractivity contribution is 5.87. The molecule has 3 heterocycles. The van der Waals surface area contributed by atoms with Crippen LogP contribution in [0.4, 0.5) is 5.82 Å². The van der Waals surface area contributed by atoms with E-state index in [-0.39, 0.29) is 12.5 Å². The van der Waals surface area contributed by atoms with Crippen molar-refractivity contribution < 1.29 is 4.79 Å². The molecule has 1 N–H and O–H groups in total. The van der Waals surface area contributed by atoms with Gasteiger partial charge in [-0.1, -0.05) is 11.6 Å². The van der Waals surface area contributed by atoms with Gasteiger partial charge in [-0.05, 0) is 39.2 Å². The Balaban J connectivity index is 1.38. The lowest BCUT2D eigenvalue weighted by Gasteiger charge is -2.33. The molecule has 0 aromatic carbocycles. The number of nitrogens with zero attached hydrogens (tertiary/aromatic N) is 6. The number of amides is 1. The molecule has 0 radical (unpaired) electrons. The van der Waals surface area contributed by atoms with Gasteiger partial charge >= 0.3 is 0 Å². The Kier molecular flexibility index (Phi) is 5.85. The second-order valence-electron chi connectivity index (χ2n) is 7.74. The molecular weight excluding hydrogens is 354 g/mol. The number of allylic oxidation sites excluding steroid dienone is 1. The SMILES string of the molecule is CN1CCN(c2ncnc3c2cnn3CC(=O)NCCC2=CCCCC2)CC1. The molecule has 8 nitrogen and oxygen atoms in total. The van der Waals surface area contributed by atoms with Crippen LogP contribution < -0.4 is 10.2 Å². The van der Waals surface area contributed by atoms with Crippen molar-refractivity contribution >= 4 is 22.8 Å². The van der Waals surface area contributed by atoms with Crippen molar-refractivity contribution in [2.45, 2.75) is 38.6 Å². The van der Waals surface area contributed by atoms with Crippen LogP contribution in [0.1, 0.15) is 32.1 Å². The average molecular weight is 384 g/mol. The summed E-state index contributed by atoms with van der Waals surface area (Å²) in [5.74, 6) is 0.884. The number of likely N-dealkylation sites (N-methyl/N-ethyl adjacent to an activating group) is 1. The standard InChI is InChI=1S/C20H29N7O/c1-25-9-11-26(12-10-25)19-17-13-24-27(20(17)23-15-22-19)14-18(28)21-8-7-16-5-3-2-4-6-16/h5,13,15H,2-4,6-12,14H2,1H3,(H,21,28). The molecule has 0 atom stereocenters. The zero-order valence-corrected chi connectivity index (χ0v) is 16.6. The molecule has 2 aromatic heterocycles. The number of carbonyl (C=O) groups is 1. The summed E-state index contributed by atoms with van der Waals surface area (Å²) < 4.78 is 1.67. The number of fused-ring (bicyclic) bond motifs is 1. The van der Waals surface area contributed by atoms with Crippen molar-refractivity contribution in [3.8, 4) is 0 Å². The summed E-state index contributed by atoms with van der Waals surface area (Å²) in [6.45, 7) is 4.76. The maximum atomic E-state index is 12.4. The quantitative estimate of drug-likeness (QED) is 0.763. The molecule has 1 aliphatic heterocycles. The number of hydrogen-bond donors (Lipinski definition) is 1. The molecule has 1 fully saturated rings. The fourth-order valence-electron chi connectivity index (χ4n) is 3.95. The molecule has 0 saturated carbocycles. The maximum absolute atomic E-state index is 12.4. The number of hydrogen-bond acceptors (Lipinski definition) is 6. The van der Waals surface area contributed by atoms with E-state index in [1.165, 1.54) is 31.3 Å². The number of nitrogens with one attached hydrogen (secondary N) is 1. The van der Waals surface area contributed by atoms with Gasteiger partial charge in [-0.25, -0.2) is 14.6 Å². The lowest BCUT2D eigenvalue weighted by Crippen LogP contribution is -2.44. The lowest BCUT2D eigenvalue weighted by atomic mass is 9.97. The summed E-state index contributed by atoms with van der Waals surface area (Å²) in [7, 11) is 2.13. The Hall–Kier alpha value is -2.48. The van der Waals surface area contributed by atoms with E-state index in [4.69, 9.17) is 0 Å². The monoisotopic (exact) mass is 383 g/mol. The minimum absolute atomic E-state index is 0.0267. The number of anilines is 1. The van der Waals surface area contributed by atoms with E-state index in [0.717, 1.165) is 43.8 Å². The van der Waals surface area contributed by atoms with Crippen LogP contribution in [-0.4, -0.2) is 70.3 Å². The van der Waals surface area contributed by atoms with Crippen LogP contribution in [0, 0.1) is 0 Å². The second-order valence-corrected chi connectivity index (χ2v) is 7.74. The molecular formula is C20H29N7O. The summed E-state index contributed by atoms with van der Waals surface area (Å²) in [5, 5.41) is 8.33. The van der Waals surface area contributed by atoms with E-state index in [0.29, 0.717) is 12.2 Å². The third-order valence-corrected chi connectivity index (χ3v) is 5.66. The summed E-state index contributed by atoms with van der Waals surface area (Å²) in [6.07, 6.45) is 11.5. The number of carbonyl (C=O) groups excluding carboxylic acids is 1. The molecule has 28 heavy (non-hydrogen) atoms. The van der Waals surface area contributed by atoms with Crippen molar-refractivity contribution in [2.75, 3.05) is 44.7 Å². The van der Waals surface area contributed by atoms with Gasteiger partial charge < -0.3 is 15.1 Å². The van der Waals surface area contributed by atoms with E-state index in [2.05, 4.69) is 43.3 Å². The van der Waals surface area contributed by atoms with Crippen LogP contribution in [0.2, 0.25) is 0 Å². The molecule has 2 aliphatic rings. The Morgan fingerprint density at radius 3 is 2.82 bits per heavy atom. The molecule has 0 unspecified atom stereocenters. The van der Waals surface area contributed by atoms with Gasteiger partial charge in [0, 0.05) is 32.7 Å². The topological polar surface area (TPSA) is 79.2 Å². The third kappa shape index (κ3) is 4.32. The molecule has 1 amide bonds. The largest absolute Gasteiger partial charge is 0.354 e. The van der Waals surface area contributed by atoms with Crippen molar-refractivity contribution in [2.24, 2.45) is 0 Å². The molecule has 0 spiro atoms. The van der Waals surface area contributed by atoms with Crippen LogP contribution in [-0.2, 0) is 11.3 Å². The van der Waals surface area contributed by atoms with E-state index in [1.807, 2.05) is 0 Å². The maximum Gasteiger partial charge on any atom is 0.241 e. The van der Waals surface area contributed by atoms with E-state index < -0.39 is 0 Å².